The maximum Gasteiger partial charge on any atom is 0.405 e. The summed E-state index contributed by atoms with van der Waals surface area (Å²) in [6.45, 7) is 2.11. The Morgan fingerprint density at radius 3 is 2.64 bits per heavy atom. The van der Waals surface area contributed by atoms with Crippen LogP contribution in [0.15, 0.2) is 29.4 Å². The maximum atomic E-state index is 12.7. The van der Waals surface area contributed by atoms with E-state index >= 15 is 0 Å². The van der Waals surface area contributed by atoms with Gasteiger partial charge in [0.25, 0.3) is 0 Å². The number of hydrogen-bond donors (Lipinski definition) is 3. The minimum Gasteiger partial charge on any atom is -0.399 e. The van der Waals surface area contributed by atoms with E-state index in [0.29, 0.717) is 40.6 Å². The summed E-state index contributed by atoms with van der Waals surface area (Å²) in [6, 6.07) is 7.42. The molecule has 0 saturated carbocycles. The second-order valence-corrected chi connectivity index (χ2v) is 8.29. The van der Waals surface area contributed by atoms with E-state index in [1.54, 1.807) is 6.92 Å². The molecule has 0 saturated heterocycles. The minimum atomic E-state index is -4.41. The van der Waals surface area contributed by atoms with E-state index in [2.05, 4.69) is 30.7 Å². The number of halogens is 3. The largest absolute Gasteiger partial charge is 0.405 e. The number of aryl methyl sites for hydroxylation is 1. The van der Waals surface area contributed by atoms with Crippen LogP contribution >= 0.6 is 11.3 Å². The lowest BCUT2D eigenvalue weighted by Crippen LogP contribution is -2.26. The van der Waals surface area contributed by atoms with Gasteiger partial charge in [0.15, 0.2) is 0 Å². The molecule has 3 N–H and O–H groups in total. The van der Waals surface area contributed by atoms with Crippen LogP contribution in [0.25, 0.3) is 20.8 Å². The number of aromatic nitrogens is 3. The van der Waals surface area contributed by atoms with Crippen LogP contribution in [-0.4, -0.2) is 58.2 Å². The summed E-state index contributed by atoms with van der Waals surface area (Å²) in [4.78, 5) is 18.0. The van der Waals surface area contributed by atoms with Crippen LogP contribution in [0.5, 0.6) is 0 Å². The second-order valence-electron chi connectivity index (χ2n) is 7.26. The first-order chi connectivity index (χ1) is 15.7. The van der Waals surface area contributed by atoms with Gasteiger partial charge in [-0.3, -0.25) is 0 Å². The van der Waals surface area contributed by atoms with Gasteiger partial charge in [-0.25, -0.2) is 9.97 Å². The van der Waals surface area contributed by atoms with Gasteiger partial charge in [-0.15, -0.1) is 11.3 Å². The molecule has 33 heavy (non-hydrogen) atoms. The van der Waals surface area contributed by atoms with E-state index in [1.807, 2.05) is 31.2 Å². The van der Waals surface area contributed by atoms with Crippen molar-refractivity contribution in [1.82, 2.24) is 15.0 Å². The van der Waals surface area contributed by atoms with Crippen LogP contribution in [0, 0.1) is 6.92 Å². The zero-order valence-corrected chi connectivity index (χ0v) is 19.2. The van der Waals surface area contributed by atoms with Gasteiger partial charge in [0.2, 0.25) is 5.95 Å². The number of benzene rings is 1. The summed E-state index contributed by atoms with van der Waals surface area (Å²) in [6.07, 6.45) is -3.42. The predicted octanol–water partition coefficient (Wildman–Crippen LogP) is 4.61. The van der Waals surface area contributed by atoms with Gasteiger partial charge in [-0.05, 0) is 25.5 Å². The van der Waals surface area contributed by atoms with Gasteiger partial charge >= 0.3 is 6.18 Å². The van der Waals surface area contributed by atoms with Gasteiger partial charge in [0, 0.05) is 12.5 Å². The average molecular weight is 483 g/mol. The van der Waals surface area contributed by atoms with E-state index in [1.165, 1.54) is 18.4 Å². The lowest BCUT2D eigenvalue weighted by atomic mass is 10.1. The van der Waals surface area contributed by atoms with Crippen molar-refractivity contribution in [1.29, 1.82) is 0 Å². The van der Waals surface area contributed by atoms with Crippen LogP contribution in [-0.2, 0) is 4.84 Å². The number of thiazole rings is 1. The summed E-state index contributed by atoms with van der Waals surface area (Å²) in [7, 11) is 1.39. The van der Waals surface area contributed by atoms with Gasteiger partial charge in [0.1, 0.15) is 24.5 Å². The molecule has 178 valence electrons. The van der Waals surface area contributed by atoms with E-state index in [0.717, 1.165) is 10.2 Å². The highest BCUT2D eigenvalue weighted by molar-refractivity contribution is 7.21. The van der Waals surface area contributed by atoms with Crippen molar-refractivity contribution in [3.05, 3.63) is 30.0 Å². The highest BCUT2D eigenvalue weighted by Crippen LogP contribution is 2.36. The van der Waals surface area contributed by atoms with Crippen LogP contribution in [0.3, 0.4) is 0 Å². The molecule has 0 radical (unpaired) electrons. The molecule has 3 aromatic rings. The fraction of sp³-hybridized carbons (Fsp3) is 0.429. The summed E-state index contributed by atoms with van der Waals surface area (Å²) in [5.74, 6) is 0.216. The molecule has 8 nitrogen and oxygen atoms in total. The molecule has 1 atom stereocenters. The smallest absolute Gasteiger partial charge is 0.399 e. The number of oxime groups is 1. The van der Waals surface area contributed by atoms with Crippen LogP contribution in [0.2, 0.25) is 0 Å². The Balaban J connectivity index is 2.02. The summed E-state index contributed by atoms with van der Waals surface area (Å²) in [5.41, 5.74) is 2.34. The molecule has 0 spiro atoms. The molecule has 1 unspecified atom stereocenters. The number of nitrogens with one attached hydrogen (secondary N) is 2. The van der Waals surface area contributed by atoms with Crippen molar-refractivity contribution >= 4 is 39.0 Å². The van der Waals surface area contributed by atoms with Crippen LogP contribution < -0.4 is 10.6 Å². The molecule has 3 rings (SSSR count). The van der Waals surface area contributed by atoms with E-state index < -0.39 is 12.7 Å². The fourth-order valence-electron chi connectivity index (χ4n) is 3.21. The van der Waals surface area contributed by atoms with E-state index in [-0.39, 0.29) is 18.6 Å². The SMILES string of the molecule is CCC(C/C(CO)=N/OC)Nc1nc(NCC(F)(F)F)nc(C)c1-c1nc2ccccc2s1. The zero-order valence-electron chi connectivity index (χ0n) is 18.4. The Kier molecular flexibility index (Phi) is 8.03. The molecular formula is C21H25F3N6O2S. The normalized spacial score (nSPS) is 13.2. The lowest BCUT2D eigenvalue weighted by molar-refractivity contribution is -0.115. The zero-order chi connectivity index (χ0) is 24.0. The van der Waals surface area contributed by atoms with Gasteiger partial charge in [-0.2, -0.15) is 18.2 Å². The fourth-order valence-corrected chi connectivity index (χ4v) is 4.27. The molecule has 0 fully saturated rings. The number of aliphatic hydroxyl groups is 1. The molecule has 0 aliphatic carbocycles. The Bertz CT molecular complexity index is 1090. The van der Waals surface area contributed by atoms with Gasteiger partial charge in [-0.1, -0.05) is 24.2 Å². The first kappa shape index (κ1) is 24.6. The monoisotopic (exact) mass is 482 g/mol. The molecule has 0 aliphatic heterocycles. The number of para-hydroxylation sites is 1. The first-order valence-corrected chi connectivity index (χ1v) is 11.1. The number of hydrogen-bond acceptors (Lipinski definition) is 9. The van der Waals surface area contributed by atoms with Crippen molar-refractivity contribution < 1.29 is 23.1 Å². The molecule has 0 bridgehead atoms. The topological polar surface area (TPSA) is 105 Å². The molecule has 0 aliphatic rings. The third kappa shape index (κ3) is 6.51. The highest BCUT2D eigenvalue weighted by atomic mass is 32.1. The lowest BCUT2D eigenvalue weighted by Gasteiger charge is -2.21. The quantitative estimate of drug-likeness (QED) is 0.286. The standard InChI is InChI=1S/C21H25F3N6O2S/c1-4-13(9-14(10-31)30-32-3)27-18-17(19-28-15-7-5-6-8-16(15)33-19)12(2)26-20(29-18)25-11-21(22,23)24/h5-8,13,31H,4,9-11H2,1-3H3,(H2,25,26,27,29)/b30-14-. The Hall–Kier alpha value is -2.99. The summed E-state index contributed by atoms with van der Waals surface area (Å²) >= 11 is 1.45. The second kappa shape index (κ2) is 10.8. The molecular weight excluding hydrogens is 457 g/mol. The van der Waals surface area contributed by atoms with Crippen molar-refractivity contribution in [2.75, 3.05) is 30.9 Å². The minimum absolute atomic E-state index is 0.139. The van der Waals surface area contributed by atoms with Gasteiger partial charge < -0.3 is 20.6 Å². The van der Waals surface area contributed by atoms with Crippen molar-refractivity contribution in [2.45, 2.75) is 38.9 Å². The Morgan fingerprint density at radius 1 is 1.24 bits per heavy atom. The maximum absolute atomic E-state index is 12.7. The number of rotatable bonds is 10. The highest BCUT2D eigenvalue weighted by Gasteiger charge is 2.28. The molecule has 0 amide bonds. The number of aliphatic hydroxyl groups excluding tert-OH is 1. The van der Waals surface area contributed by atoms with Crippen molar-refractivity contribution in [3.8, 4) is 10.6 Å². The molecule has 12 heteroatoms. The van der Waals surface area contributed by atoms with E-state index in [9.17, 15) is 18.3 Å². The third-order valence-corrected chi connectivity index (χ3v) is 5.82. The Labute approximate surface area is 192 Å². The summed E-state index contributed by atoms with van der Waals surface area (Å²) in [5, 5.41) is 19.5. The first-order valence-electron chi connectivity index (χ1n) is 10.3. The average Bonchev–Trinajstić information content (AvgIpc) is 3.19. The van der Waals surface area contributed by atoms with E-state index in [4.69, 9.17) is 4.84 Å². The Morgan fingerprint density at radius 2 is 2.00 bits per heavy atom. The third-order valence-electron chi connectivity index (χ3n) is 4.76. The predicted molar refractivity (Wildman–Crippen MR) is 124 cm³/mol. The number of anilines is 2. The van der Waals surface area contributed by atoms with Crippen LogP contribution in [0.4, 0.5) is 24.9 Å². The molecule has 2 aromatic heterocycles. The number of nitrogens with zero attached hydrogens (tertiary/aromatic N) is 4. The van der Waals surface area contributed by atoms with Crippen LogP contribution in [0.1, 0.15) is 25.5 Å². The number of alkyl halides is 3. The molecule has 1 aromatic carbocycles. The number of fused-ring (bicyclic) bond motifs is 1. The van der Waals surface area contributed by atoms with Crippen molar-refractivity contribution in [3.63, 3.8) is 0 Å². The molecule has 2 heterocycles. The van der Waals surface area contributed by atoms with Crippen molar-refractivity contribution in [2.24, 2.45) is 5.16 Å². The summed E-state index contributed by atoms with van der Waals surface area (Å²) < 4.78 is 39.2. The van der Waals surface area contributed by atoms with Gasteiger partial charge in [0.05, 0.1) is 33.8 Å².